The minimum absolute atomic E-state index is 0.0930. The molecule has 0 aliphatic rings. The lowest BCUT2D eigenvalue weighted by molar-refractivity contribution is -0.145. The molecular formula is C9H14Br4O2. The maximum Gasteiger partial charge on any atom is 0.303 e. The Kier molecular flexibility index (Phi) is 8.38. The van der Waals surface area contributed by atoms with Gasteiger partial charge in [-0.15, -0.1) is 0 Å². The monoisotopic (exact) mass is 470 g/mol. The molecular weight excluding hydrogens is 460 g/mol. The highest BCUT2D eigenvalue weighted by molar-refractivity contribution is 9.26. The normalized spacial score (nSPS) is 14.1. The van der Waals surface area contributed by atoms with Gasteiger partial charge < -0.3 is 4.74 Å². The molecule has 0 N–H and O–H groups in total. The van der Waals surface area contributed by atoms with Gasteiger partial charge in [0.15, 0.2) is 0 Å². The van der Waals surface area contributed by atoms with E-state index in [2.05, 4.69) is 70.6 Å². The Hall–Kier alpha value is 1.39. The molecule has 2 nitrogen and oxygen atoms in total. The lowest BCUT2D eigenvalue weighted by atomic mass is 10.1. The Labute approximate surface area is 124 Å². The lowest BCUT2D eigenvalue weighted by Gasteiger charge is -2.31. The van der Waals surface area contributed by atoms with Crippen LogP contribution in [0.5, 0.6) is 0 Å². The summed E-state index contributed by atoms with van der Waals surface area (Å²) < 4.78 is 4.76. The largest absolute Gasteiger partial charge is 0.458 e. The predicted octanol–water partition coefficient (Wildman–Crippen LogP) is 4.71. The smallest absolute Gasteiger partial charge is 0.303 e. The average molecular weight is 474 g/mol. The van der Waals surface area contributed by atoms with Crippen molar-refractivity contribution >= 4 is 69.7 Å². The molecule has 90 valence electrons. The van der Waals surface area contributed by atoms with Crippen LogP contribution in [-0.4, -0.2) is 19.0 Å². The fourth-order valence-electron chi connectivity index (χ4n) is 1.06. The number of ether oxygens (including phenoxy) is 1. The van der Waals surface area contributed by atoms with Crippen molar-refractivity contribution < 1.29 is 9.53 Å². The first-order valence-electron chi connectivity index (χ1n) is 4.64. The molecule has 1 unspecified atom stereocenters. The number of unbranched alkanes of at least 4 members (excludes halogenated alkanes) is 1. The highest BCUT2D eigenvalue weighted by atomic mass is 79.9. The molecule has 0 rings (SSSR count). The Morgan fingerprint density at radius 2 is 1.93 bits per heavy atom. The molecule has 1 atom stereocenters. The minimum atomic E-state index is -0.390. The minimum Gasteiger partial charge on any atom is -0.458 e. The highest BCUT2D eigenvalue weighted by Gasteiger charge is 2.39. The van der Waals surface area contributed by atoms with E-state index in [-0.39, 0.29) is 19.0 Å². The second-order valence-corrected chi connectivity index (χ2v) is 10.3. The topological polar surface area (TPSA) is 26.3 Å². The number of hydrogen-bond acceptors (Lipinski definition) is 2. The van der Waals surface area contributed by atoms with Gasteiger partial charge in [-0.3, -0.25) is 4.79 Å². The van der Waals surface area contributed by atoms with E-state index in [0.29, 0.717) is 0 Å². The van der Waals surface area contributed by atoms with Crippen LogP contribution in [0.1, 0.15) is 33.1 Å². The van der Waals surface area contributed by atoms with Crippen molar-refractivity contribution in [3.05, 3.63) is 0 Å². The molecule has 15 heavy (non-hydrogen) atoms. The summed E-state index contributed by atoms with van der Waals surface area (Å²) in [5, 5.41) is 0. The summed E-state index contributed by atoms with van der Waals surface area (Å²) in [7, 11) is 0. The number of hydrogen-bond donors (Lipinski definition) is 0. The standard InChI is InChI=1S/C9H14Br4O2/c1-3-4-5-9(12,13)7(8(10)11)15-6(2)14/h7-8H,3-5H2,1-2H3. The van der Waals surface area contributed by atoms with Gasteiger partial charge in [0.25, 0.3) is 0 Å². The van der Waals surface area contributed by atoms with Gasteiger partial charge in [0.1, 0.15) is 13.1 Å². The van der Waals surface area contributed by atoms with Gasteiger partial charge in [-0.1, -0.05) is 83.5 Å². The summed E-state index contributed by atoms with van der Waals surface area (Å²) in [5.41, 5.74) is 0. The van der Waals surface area contributed by atoms with Crippen molar-refractivity contribution in [2.24, 2.45) is 0 Å². The molecule has 0 aromatic heterocycles. The van der Waals surface area contributed by atoms with Crippen molar-refractivity contribution in [3.63, 3.8) is 0 Å². The first-order chi connectivity index (χ1) is 6.81. The van der Waals surface area contributed by atoms with Crippen LogP contribution in [0.4, 0.5) is 0 Å². The lowest BCUT2D eigenvalue weighted by Crippen LogP contribution is -2.38. The maximum absolute atomic E-state index is 11.0. The predicted molar refractivity (Wildman–Crippen MR) is 77.3 cm³/mol. The third kappa shape index (κ3) is 6.64. The molecule has 0 saturated heterocycles. The number of carbonyl (C=O) groups is 1. The van der Waals surface area contributed by atoms with Crippen LogP contribution in [0.3, 0.4) is 0 Å². The van der Waals surface area contributed by atoms with Crippen molar-refractivity contribution in [2.45, 2.75) is 46.2 Å². The summed E-state index contributed by atoms with van der Waals surface area (Å²) >= 11 is 13.9. The van der Waals surface area contributed by atoms with E-state index >= 15 is 0 Å². The van der Waals surface area contributed by atoms with E-state index in [9.17, 15) is 4.79 Å². The summed E-state index contributed by atoms with van der Waals surface area (Å²) in [6, 6.07) is 0. The number of alkyl halides is 4. The number of carbonyl (C=O) groups excluding carboxylic acids is 1. The van der Waals surface area contributed by atoms with Gasteiger partial charge in [-0.2, -0.15) is 0 Å². The summed E-state index contributed by atoms with van der Waals surface area (Å²) in [5.74, 6) is -0.288. The van der Waals surface area contributed by atoms with E-state index < -0.39 is 0 Å². The van der Waals surface area contributed by atoms with E-state index in [1.165, 1.54) is 6.92 Å². The number of halogens is 4. The number of rotatable bonds is 6. The third-order valence-corrected chi connectivity index (χ3v) is 4.46. The van der Waals surface area contributed by atoms with Crippen LogP contribution in [-0.2, 0) is 9.53 Å². The molecule has 0 saturated carbocycles. The van der Waals surface area contributed by atoms with Gasteiger partial charge in [0, 0.05) is 6.92 Å². The Balaban J connectivity index is 4.50. The Morgan fingerprint density at radius 1 is 1.40 bits per heavy atom. The van der Waals surface area contributed by atoms with Crippen molar-refractivity contribution in [1.82, 2.24) is 0 Å². The van der Waals surface area contributed by atoms with Gasteiger partial charge in [0.2, 0.25) is 0 Å². The van der Waals surface area contributed by atoms with Gasteiger partial charge >= 0.3 is 5.97 Å². The second-order valence-electron chi connectivity index (χ2n) is 3.23. The van der Waals surface area contributed by atoms with E-state index in [0.717, 1.165) is 19.3 Å². The van der Waals surface area contributed by atoms with Gasteiger partial charge in [0.05, 0.1) is 0 Å². The van der Waals surface area contributed by atoms with Crippen molar-refractivity contribution in [3.8, 4) is 0 Å². The summed E-state index contributed by atoms with van der Waals surface area (Å²) in [4.78, 5) is 11.0. The molecule has 0 radical (unpaired) electrons. The molecule has 0 spiro atoms. The van der Waals surface area contributed by atoms with Crippen LogP contribution < -0.4 is 0 Å². The number of esters is 1. The third-order valence-electron chi connectivity index (χ3n) is 1.80. The fraction of sp³-hybridized carbons (Fsp3) is 0.889. The fourth-order valence-corrected chi connectivity index (χ4v) is 4.87. The van der Waals surface area contributed by atoms with Crippen LogP contribution in [0.15, 0.2) is 0 Å². The zero-order valence-corrected chi connectivity index (χ0v) is 14.9. The zero-order valence-electron chi connectivity index (χ0n) is 8.60. The van der Waals surface area contributed by atoms with Gasteiger partial charge in [-0.25, -0.2) is 0 Å². The van der Waals surface area contributed by atoms with E-state index in [4.69, 9.17) is 4.74 Å². The van der Waals surface area contributed by atoms with Gasteiger partial charge in [-0.05, 0) is 6.42 Å². The first kappa shape index (κ1) is 16.4. The summed E-state index contributed by atoms with van der Waals surface area (Å²) in [6.45, 7) is 3.53. The van der Waals surface area contributed by atoms with Crippen LogP contribution >= 0.6 is 63.7 Å². The van der Waals surface area contributed by atoms with Crippen LogP contribution in [0, 0.1) is 0 Å². The summed E-state index contributed by atoms with van der Waals surface area (Å²) in [6.07, 6.45) is 2.73. The molecule has 6 heteroatoms. The molecule has 0 bridgehead atoms. The zero-order chi connectivity index (χ0) is 12.1. The Bertz CT molecular complexity index is 206. The Morgan fingerprint density at radius 3 is 2.27 bits per heavy atom. The SMILES string of the molecule is CCCCC(Br)(Br)C(OC(C)=O)C(Br)Br. The molecule has 0 fully saturated rings. The average Bonchev–Trinajstić information content (AvgIpc) is 2.10. The molecule has 0 aromatic rings. The van der Waals surface area contributed by atoms with E-state index in [1.54, 1.807) is 0 Å². The van der Waals surface area contributed by atoms with Crippen molar-refractivity contribution in [2.75, 3.05) is 0 Å². The first-order valence-corrected chi connectivity index (χ1v) is 8.06. The molecule has 0 heterocycles. The van der Waals surface area contributed by atoms with E-state index in [1.807, 2.05) is 0 Å². The highest BCUT2D eigenvalue weighted by Crippen LogP contribution is 2.41. The molecule has 0 aliphatic carbocycles. The quantitative estimate of drug-likeness (QED) is 0.412. The molecule has 0 amide bonds. The van der Waals surface area contributed by atoms with Crippen LogP contribution in [0.2, 0.25) is 0 Å². The molecule has 0 aliphatic heterocycles. The molecule has 0 aromatic carbocycles. The van der Waals surface area contributed by atoms with Crippen molar-refractivity contribution in [1.29, 1.82) is 0 Å². The van der Waals surface area contributed by atoms with Crippen LogP contribution in [0.25, 0.3) is 0 Å². The second kappa shape index (κ2) is 7.67. The maximum atomic E-state index is 11.0.